The number of rotatable bonds is 3. The molecule has 0 unspecified atom stereocenters. The van der Waals surface area contributed by atoms with Crippen molar-refractivity contribution in [2.75, 3.05) is 0 Å². The zero-order valence-corrected chi connectivity index (χ0v) is 13.0. The molecule has 4 heterocycles. The van der Waals surface area contributed by atoms with Crippen LogP contribution in [0.4, 0.5) is 0 Å². The lowest BCUT2D eigenvalue weighted by Gasteiger charge is -2.21. The predicted molar refractivity (Wildman–Crippen MR) is 86.9 cm³/mol. The van der Waals surface area contributed by atoms with Crippen molar-refractivity contribution in [2.45, 2.75) is 37.4 Å². The Labute approximate surface area is 138 Å². The van der Waals surface area contributed by atoms with Gasteiger partial charge in [-0.3, -0.25) is 4.79 Å². The van der Waals surface area contributed by atoms with Crippen molar-refractivity contribution < 1.29 is 9.21 Å². The molecule has 122 valence electrons. The van der Waals surface area contributed by atoms with Crippen LogP contribution in [-0.4, -0.2) is 38.8 Å². The molecule has 2 aliphatic rings. The molecule has 2 fully saturated rings. The van der Waals surface area contributed by atoms with Gasteiger partial charge in [-0.15, -0.1) is 0 Å². The van der Waals surface area contributed by atoms with Crippen LogP contribution in [0, 0.1) is 0 Å². The lowest BCUT2D eigenvalue weighted by Crippen LogP contribution is -2.42. The highest BCUT2D eigenvalue weighted by Crippen LogP contribution is 2.29. The molecule has 2 saturated heterocycles. The van der Waals surface area contributed by atoms with Crippen molar-refractivity contribution in [3.05, 3.63) is 42.7 Å². The standard InChI is InChI=1S/C17H17N5O2/c23-17(21-14-6-11-2-3-13(14)20-11)10-1-4-16-12(5-10)15(7-24-16)22-9-18-8-19-22/h1,4-5,7-9,11,13-14,20H,2-3,6H2,(H,21,23)/t11-,13+,14-/m1/s1. The first-order valence-corrected chi connectivity index (χ1v) is 8.21. The molecule has 2 aliphatic heterocycles. The average molecular weight is 323 g/mol. The Morgan fingerprint density at radius 1 is 1.38 bits per heavy atom. The van der Waals surface area contributed by atoms with E-state index >= 15 is 0 Å². The molecule has 3 atom stereocenters. The fourth-order valence-electron chi connectivity index (χ4n) is 3.90. The number of carbonyl (C=O) groups is 1. The summed E-state index contributed by atoms with van der Waals surface area (Å²) in [4.78, 5) is 16.6. The maximum absolute atomic E-state index is 12.6. The molecular formula is C17H17N5O2. The summed E-state index contributed by atoms with van der Waals surface area (Å²) in [6.45, 7) is 0. The van der Waals surface area contributed by atoms with E-state index in [2.05, 4.69) is 20.7 Å². The summed E-state index contributed by atoms with van der Waals surface area (Å²) in [5.41, 5.74) is 2.13. The topological polar surface area (TPSA) is 85.0 Å². The Bertz CT molecular complexity index is 901. The van der Waals surface area contributed by atoms with E-state index < -0.39 is 0 Å². The van der Waals surface area contributed by atoms with E-state index in [9.17, 15) is 4.79 Å². The van der Waals surface area contributed by atoms with E-state index in [1.807, 2.05) is 12.1 Å². The third kappa shape index (κ3) is 2.12. The van der Waals surface area contributed by atoms with Gasteiger partial charge in [0.1, 0.15) is 30.2 Å². The minimum Gasteiger partial charge on any atom is -0.462 e. The number of amides is 1. The normalized spacial score (nSPS) is 25.4. The van der Waals surface area contributed by atoms with Gasteiger partial charge in [0.25, 0.3) is 5.91 Å². The maximum atomic E-state index is 12.6. The van der Waals surface area contributed by atoms with Crippen LogP contribution in [0.15, 0.2) is 41.5 Å². The van der Waals surface area contributed by atoms with Crippen LogP contribution in [0.5, 0.6) is 0 Å². The van der Waals surface area contributed by atoms with Gasteiger partial charge >= 0.3 is 0 Å². The van der Waals surface area contributed by atoms with Crippen molar-refractivity contribution >= 4 is 16.9 Å². The molecule has 0 spiro atoms. The molecular weight excluding hydrogens is 306 g/mol. The molecule has 24 heavy (non-hydrogen) atoms. The highest BCUT2D eigenvalue weighted by Gasteiger charge is 2.39. The molecule has 7 heteroatoms. The molecule has 3 aromatic rings. The maximum Gasteiger partial charge on any atom is 0.251 e. The third-order valence-corrected chi connectivity index (χ3v) is 5.10. The molecule has 7 nitrogen and oxygen atoms in total. The molecule has 2 bridgehead atoms. The molecule has 0 radical (unpaired) electrons. The highest BCUT2D eigenvalue weighted by molar-refractivity contribution is 5.99. The number of carbonyl (C=O) groups excluding carboxylic acids is 1. The first kappa shape index (κ1) is 13.7. The van der Waals surface area contributed by atoms with E-state index in [0.717, 1.165) is 29.5 Å². The summed E-state index contributed by atoms with van der Waals surface area (Å²) < 4.78 is 7.18. The van der Waals surface area contributed by atoms with Gasteiger partial charge in [-0.2, -0.15) is 5.10 Å². The lowest BCUT2D eigenvalue weighted by atomic mass is 9.95. The van der Waals surface area contributed by atoms with E-state index in [4.69, 9.17) is 4.42 Å². The first-order valence-electron chi connectivity index (χ1n) is 8.21. The average Bonchev–Trinajstić information content (AvgIpc) is 3.36. The van der Waals surface area contributed by atoms with Crippen LogP contribution in [0.1, 0.15) is 29.6 Å². The predicted octanol–water partition coefficient (Wildman–Crippen LogP) is 1.64. The largest absolute Gasteiger partial charge is 0.462 e. The second kappa shape index (κ2) is 5.17. The van der Waals surface area contributed by atoms with Gasteiger partial charge in [0.05, 0.1) is 0 Å². The van der Waals surface area contributed by atoms with E-state index in [0.29, 0.717) is 17.6 Å². The summed E-state index contributed by atoms with van der Waals surface area (Å²) in [6, 6.07) is 6.69. The lowest BCUT2D eigenvalue weighted by molar-refractivity contribution is 0.0931. The number of nitrogens with one attached hydrogen (secondary N) is 2. The third-order valence-electron chi connectivity index (χ3n) is 5.10. The second-order valence-corrected chi connectivity index (χ2v) is 6.54. The number of benzene rings is 1. The van der Waals surface area contributed by atoms with Crippen LogP contribution in [0.25, 0.3) is 16.7 Å². The number of hydrogen-bond donors (Lipinski definition) is 2. The summed E-state index contributed by atoms with van der Waals surface area (Å²) in [5, 5.41) is 11.7. The fraction of sp³-hybridized carbons (Fsp3) is 0.353. The molecule has 2 N–H and O–H groups in total. The Morgan fingerprint density at radius 2 is 2.33 bits per heavy atom. The summed E-state index contributed by atoms with van der Waals surface area (Å²) in [7, 11) is 0. The van der Waals surface area contributed by atoms with Crippen molar-refractivity contribution in [3.63, 3.8) is 0 Å². The minimum absolute atomic E-state index is 0.0398. The van der Waals surface area contributed by atoms with E-state index in [1.54, 1.807) is 23.3 Å². The Morgan fingerprint density at radius 3 is 3.08 bits per heavy atom. The van der Waals surface area contributed by atoms with Gasteiger partial charge in [0, 0.05) is 29.1 Å². The molecule has 1 amide bonds. The first-order chi connectivity index (χ1) is 11.8. The number of fused-ring (bicyclic) bond motifs is 3. The number of furan rings is 1. The minimum atomic E-state index is -0.0398. The second-order valence-electron chi connectivity index (χ2n) is 6.54. The zero-order chi connectivity index (χ0) is 16.1. The van der Waals surface area contributed by atoms with Gasteiger partial charge in [-0.25, -0.2) is 9.67 Å². The van der Waals surface area contributed by atoms with Gasteiger partial charge in [-0.1, -0.05) is 0 Å². The van der Waals surface area contributed by atoms with Crippen molar-refractivity contribution in [1.82, 2.24) is 25.4 Å². The number of aromatic nitrogens is 3. The van der Waals surface area contributed by atoms with E-state index in [-0.39, 0.29) is 11.9 Å². The van der Waals surface area contributed by atoms with Crippen LogP contribution < -0.4 is 10.6 Å². The number of hydrogen-bond acceptors (Lipinski definition) is 5. The van der Waals surface area contributed by atoms with Crippen molar-refractivity contribution in [2.24, 2.45) is 0 Å². The number of nitrogens with zero attached hydrogens (tertiary/aromatic N) is 3. The zero-order valence-electron chi connectivity index (χ0n) is 13.0. The van der Waals surface area contributed by atoms with Crippen molar-refractivity contribution in [1.29, 1.82) is 0 Å². The quantitative estimate of drug-likeness (QED) is 0.765. The monoisotopic (exact) mass is 323 g/mol. The van der Waals surface area contributed by atoms with Crippen LogP contribution in [0.2, 0.25) is 0 Å². The SMILES string of the molecule is O=C(N[C@@H]1C[C@H]2CC[C@@H]1N2)c1ccc2occ(-n3cncn3)c2c1. The Balaban J connectivity index is 1.44. The van der Waals surface area contributed by atoms with E-state index in [1.165, 1.54) is 12.7 Å². The smallest absolute Gasteiger partial charge is 0.251 e. The fourth-order valence-corrected chi connectivity index (χ4v) is 3.90. The van der Waals surface area contributed by atoms with Crippen LogP contribution >= 0.6 is 0 Å². The summed E-state index contributed by atoms with van der Waals surface area (Å²) >= 11 is 0. The molecule has 0 saturated carbocycles. The van der Waals surface area contributed by atoms with Crippen LogP contribution in [-0.2, 0) is 0 Å². The Hall–Kier alpha value is -2.67. The molecule has 2 aromatic heterocycles. The van der Waals surface area contributed by atoms with Crippen LogP contribution in [0.3, 0.4) is 0 Å². The van der Waals surface area contributed by atoms with Gasteiger partial charge in [0.2, 0.25) is 0 Å². The summed E-state index contributed by atoms with van der Waals surface area (Å²) in [5.74, 6) is -0.0398. The van der Waals surface area contributed by atoms with Gasteiger partial charge < -0.3 is 15.1 Å². The van der Waals surface area contributed by atoms with Gasteiger partial charge in [0.15, 0.2) is 0 Å². The van der Waals surface area contributed by atoms with Gasteiger partial charge in [-0.05, 0) is 37.5 Å². The van der Waals surface area contributed by atoms with Crippen molar-refractivity contribution in [3.8, 4) is 5.69 Å². The molecule has 5 rings (SSSR count). The molecule has 0 aliphatic carbocycles. The Kier molecular flexibility index (Phi) is 2.96. The highest BCUT2D eigenvalue weighted by atomic mass is 16.3. The molecule has 1 aromatic carbocycles. The summed E-state index contributed by atoms with van der Waals surface area (Å²) in [6.07, 6.45) is 8.09.